The summed E-state index contributed by atoms with van der Waals surface area (Å²) < 4.78 is 40.1. The Morgan fingerprint density at radius 1 is 0.882 bits per heavy atom. The van der Waals surface area contributed by atoms with E-state index < -0.39 is 10.0 Å². The number of aromatic nitrogens is 3. The summed E-state index contributed by atoms with van der Waals surface area (Å²) in [5.74, 6) is 1.54. The maximum absolute atomic E-state index is 13.0. The average Bonchev–Trinajstić information content (AvgIpc) is 3.31. The number of nitrogens with zero attached hydrogens (tertiary/aromatic N) is 4. The minimum Gasteiger partial charge on any atom is -0.497 e. The third-order valence-corrected chi connectivity index (χ3v) is 7.65. The highest BCUT2D eigenvalue weighted by molar-refractivity contribution is 7.89. The van der Waals surface area contributed by atoms with Crippen molar-refractivity contribution in [2.24, 2.45) is 0 Å². The number of rotatable bonds is 8. The van der Waals surface area contributed by atoms with Crippen molar-refractivity contribution in [1.82, 2.24) is 19.3 Å². The van der Waals surface area contributed by atoms with Gasteiger partial charge in [-0.05, 0) is 47.5 Å². The van der Waals surface area contributed by atoms with Crippen LogP contribution in [0.2, 0.25) is 0 Å². The lowest BCUT2D eigenvalue weighted by molar-refractivity contribution is 0.189. The zero-order valence-corrected chi connectivity index (χ0v) is 19.4. The van der Waals surface area contributed by atoms with Crippen LogP contribution in [0.3, 0.4) is 0 Å². The van der Waals surface area contributed by atoms with E-state index in [-0.39, 0.29) is 10.9 Å². The summed E-state index contributed by atoms with van der Waals surface area (Å²) in [5, 5.41) is 8.29. The van der Waals surface area contributed by atoms with E-state index in [2.05, 4.69) is 10.3 Å². The molecule has 0 spiro atoms. The molecular weight excluding hydrogens is 452 g/mol. The van der Waals surface area contributed by atoms with Crippen LogP contribution < -0.4 is 9.47 Å². The quantitative estimate of drug-likeness (QED) is 0.385. The fraction of sp³-hybridized carbons (Fsp3) is 0.200. The van der Waals surface area contributed by atoms with Crippen LogP contribution in [0.15, 0.2) is 90.0 Å². The lowest BCUT2D eigenvalue weighted by Gasteiger charge is -2.37. The van der Waals surface area contributed by atoms with Crippen molar-refractivity contribution in [1.29, 1.82) is 0 Å². The van der Waals surface area contributed by atoms with Gasteiger partial charge in [-0.3, -0.25) is 0 Å². The van der Waals surface area contributed by atoms with Gasteiger partial charge in [0.25, 0.3) is 0 Å². The average molecular weight is 477 g/mol. The molecule has 0 radical (unpaired) electrons. The van der Waals surface area contributed by atoms with E-state index in [1.54, 1.807) is 30.1 Å². The van der Waals surface area contributed by atoms with Gasteiger partial charge in [-0.2, -0.15) is 4.31 Å². The Labute approximate surface area is 198 Å². The van der Waals surface area contributed by atoms with E-state index in [4.69, 9.17) is 9.47 Å². The predicted molar refractivity (Wildman–Crippen MR) is 127 cm³/mol. The molecule has 3 aromatic carbocycles. The zero-order valence-electron chi connectivity index (χ0n) is 18.6. The number of hydrogen-bond acceptors (Lipinski definition) is 6. The standard InChI is InChI=1S/C25H24N4O4S/c1-32-23-11-7-19(8-12-23)20-9-13-25(14-10-20)34(30,31)28-16-22(17-28)29-15-21(26-27-29)18-33-24-5-3-2-4-6-24/h2-15,22H,16-18H2,1H3. The van der Waals surface area contributed by atoms with Gasteiger partial charge in [-0.25, -0.2) is 13.1 Å². The summed E-state index contributed by atoms with van der Waals surface area (Å²) in [4.78, 5) is 0.277. The molecule has 0 aliphatic carbocycles. The number of para-hydroxylation sites is 1. The maximum Gasteiger partial charge on any atom is 0.243 e. The van der Waals surface area contributed by atoms with Crippen molar-refractivity contribution in [2.75, 3.05) is 20.2 Å². The predicted octanol–water partition coefficient (Wildman–Crippen LogP) is 3.78. The zero-order chi connectivity index (χ0) is 23.5. The number of benzene rings is 3. The second-order valence-corrected chi connectivity index (χ2v) is 9.96. The van der Waals surface area contributed by atoms with E-state index in [1.165, 1.54) is 4.31 Å². The van der Waals surface area contributed by atoms with Crippen molar-refractivity contribution in [3.05, 3.63) is 90.8 Å². The minimum atomic E-state index is -3.57. The molecule has 0 atom stereocenters. The van der Waals surface area contributed by atoms with Crippen molar-refractivity contribution in [3.8, 4) is 22.6 Å². The van der Waals surface area contributed by atoms with Crippen molar-refractivity contribution >= 4 is 10.0 Å². The van der Waals surface area contributed by atoms with Crippen LogP contribution in [-0.2, 0) is 16.6 Å². The molecule has 0 N–H and O–H groups in total. The molecule has 1 fully saturated rings. The van der Waals surface area contributed by atoms with Gasteiger partial charge in [0.1, 0.15) is 23.8 Å². The van der Waals surface area contributed by atoms with Gasteiger partial charge >= 0.3 is 0 Å². The Kier molecular flexibility index (Phi) is 6.04. The van der Waals surface area contributed by atoms with Crippen LogP contribution in [0.25, 0.3) is 11.1 Å². The molecule has 9 heteroatoms. The monoisotopic (exact) mass is 476 g/mol. The Bertz CT molecular complexity index is 1350. The Morgan fingerprint density at radius 2 is 1.53 bits per heavy atom. The Morgan fingerprint density at radius 3 is 2.18 bits per heavy atom. The highest BCUT2D eigenvalue weighted by Gasteiger charge is 2.38. The van der Waals surface area contributed by atoms with Gasteiger partial charge in [0.15, 0.2) is 0 Å². The Balaban J connectivity index is 1.19. The number of hydrogen-bond donors (Lipinski definition) is 0. The van der Waals surface area contributed by atoms with Gasteiger partial charge in [-0.1, -0.05) is 47.7 Å². The second-order valence-electron chi connectivity index (χ2n) is 8.02. The first kappa shape index (κ1) is 22.1. The van der Waals surface area contributed by atoms with Crippen LogP contribution in [0.5, 0.6) is 11.5 Å². The molecule has 1 aliphatic rings. The molecule has 1 aliphatic heterocycles. The molecule has 0 bridgehead atoms. The third-order valence-electron chi connectivity index (χ3n) is 5.81. The van der Waals surface area contributed by atoms with Crippen molar-refractivity contribution in [2.45, 2.75) is 17.5 Å². The molecule has 1 aromatic heterocycles. The fourth-order valence-electron chi connectivity index (χ4n) is 3.76. The van der Waals surface area contributed by atoms with Gasteiger partial charge < -0.3 is 9.47 Å². The largest absolute Gasteiger partial charge is 0.497 e. The first-order chi connectivity index (χ1) is 16.5. The van der Waals surface area contributed by atoms with E-state index in [0.717, 1.165) is 22.6 Å². The molecule has 4 aromatic rings. The minimum absolute atomic E-state index is 0.0497. The summed E-state index contributed by atoms with van der Waals surface area (Å²) in [7, 11) is -1.94. The van der Waals surface area contributed by atoms with Crippen LogP contribution in [0.4, 0.5) is 0 Å². The van der Waals surface area contributed by atoms with Gasteiger partial charge in [-0.15, -0.1) is 5.10 Å². The molecule has 174 valence electrons. The van der Waals surface area contributed by atoms with E-state index in [0.29, 0.717) is 25.4 Å². The van der Waals surface area contributed by atoms with Crippen LogP contribution in [0, 0.1) is 0 Å². The maximum atomic E-state index is 13.0. The number of ether oxygens (including phenoxy) is 2. The Hall–Kier alpha value is -3.69. The molecule has 2 heterocycles. The normalized spacial score (nSPS) is 14.5. The van der Waals surface area contributed by atoms with Gasteiger partial charge in [0.05, 0.1) is 24.2 Å². The summed E-state index contributed by atoms with van der Waals surface area (Å²) in [5.41, 5.74) is 2.63. The highest BCUT2D eigenvalue weighted by atomic mass is 32.2. The highest BCUT2D eigenvalue weighted by Crippen LogP contribution is 2.30. The van der Waals surface area contributed by atoms with E-state index >= 15 is 0 Å². The summed E-state index contributed by atoms with van der Waals surface area (Å²) >= 11 is 0. The van der Waals surface area contributed by atoms with Crippen molar-refractivity contribution in [3.63, 3.8) is 0 Å². The second kappa shape index (κ2) is 9.28. The summed E-state index contributed by atoms with van der Waals surface area (Å²) in [6, 6.07) is 24.0. The van der Waals surface area contributed by atoms with Crippen molar-refractivity contribution < 1.29 is 17.9 Å². The molecule has 0 amide bonds. The SMILES string of the molecule is COc1ccc(-c2ccc(S(=O)(=O)N3CC(n4cc(COc5ccccc5)nn4)C3)cc2)cc1. The molecule has 5 rings (SSSR count). The fourth-order valence-corrected chi connectivity index (χ4v) is 5.28. The molecular formula is C25H24N4O4S. The van der Waals surface area contributed by atoms with Crippen LogP contribution in [-0.4, -0.2) is 47.9 Å². The smallest absolute Gasteiger partial charge is 0.243 e. The summed E-state index contributed by atoms with van der Waals surface area (Å²) in [6.07, 6.45) is 1.81. The first-order valence-corrected chi connectivity index (χ1v) is 12.3. The van der Waals surface area contributed by atoms with Gasteiger partial charge in [0.2, 0.25) is 10.0 Å². The first-order valence-electron chi connectivity index (χ1n) is 10.9. The third kappa shape index (κ3) is 4.52. The lowest BCUT2D eigenvalue weighted by atomic mass is 10.1. The topological polar surface area (TPSA) is 86.6 Å². The van der Waals surface area contributed by atoms with E-state index in [9.17, 15) is 8.42 Å². The van der Waals surface area contributed by atoms with Crippen LogP contribution in [0.1, 0.15) is 11.7 Å². The molecule has 0 unspecified atom stereocenters. The lowest BCUT2D eigenvalue weighted by Crippen LogP contribution is -2.50. The number of methoxy groups -OCH3 is 1. The molecule has 1 saturated heterocycles. The molecule has 8 nitrogen and oxygen atoms in total. The van der Waals surface area contributed by atoms with E-state index in [1.807, 2.05) is 66.7 Å². The molecule has 0 saturated carbocycles. The number of sulfonamides is 1. The molecule has 34 heavy (non-hydrogen) atoms. The van der Waals surface area contributed by atoms with Crippen LogP contribution >= 0.6 is 0 Å². The van der Waals surface area contributed by atoms with Gasteiger partial charge in [0, 0.05) is 13.1 Å². The summed E-state index contributed by atoms with van der Waals surface area (Å²) in [6.45, 7) is 1.01.